The average molecular weight is 127 g/mol. The Kier molecular flexibility index (Phi) is 3.76. The number of ether oxygens (including phenoxy) is 1. The predicted molar refractivity (Wildman–Crippen MR) is 38.8 cm³/mol. The van der Waals surface area contributed by atoms with Crippen molar-refractivity contribution in [2.24, 2.45) is 0 Å². The molecule has 2 heteroatoms. The van der Waals surface area contributed by atoms with Crippen LogP contribution < -0.4 is 0 Å². The van der Waals surface area contributed by atoms with Crippen LogP contribution in [0.4, 0.5) is 0 Å². The van der Waals surface area contributed by atoms with Gasteiger partial charge in [-0.25, -0.2) is 0 Å². The smallest absolute Gasteiger partial charge is 0.205 e. The second kappa shape index (κ2) is 4.13. The van der Waals surface area contributed by atoms with Crippen LogP contribution in [0.3, 0.4) is 0 Å². The topological polar surface area (TPSA) is 33.1 Å². The van der Waals surface area contributed by atoms with Crippen molar-refractivity contribution >= 4 is 5.90 Å². The van der Waals surface area contributed by atoms with Crippen molar-refractivity contribution in [3.8, 4) is 0 Å². The molecule has 0 saturated heterocycles. The van der Waals surface area contributed by atoms with E-state index in [4.69, 9.17) is 10.1 Å². The van der Waals surface area contributed by atoms with Gasteiger partial charge in [-0.15, -0.1) is 0 Å². The van der Waals surface area contributed by atoms with Crippen LogP contribution in [0.25, 0.3) is 0 Å². The van der Waals surface area contributed by atoms with Crippen LogP contribution >= 0.6 is 0 Å². The predicted octanol–water partition coefficient (Wildman–Crippen LogP) is 1.97. The van der Waals surface area contributed by atoms with E-state index in [1.807, 2.05) is 20.8 Å². The molecule has 0 radical (unpaired) electrons. The first-order chi connectivity index (χ1) is 4.16. The van der Waals surface area contributed by atoms with Crippen molar-refractivity contribution in [3.63, 3.8) is 0 Å². The maximum atomic E-state index is 7.12. The van der Waals surface area contributed by atoms with Gasteiger partial charge in [-0.3, -0.25) is 5.41 Å². The number of hydrogen-bond acceptors (Lipinski definition) is 2. The van der Waals surface area contributed by atoms with Crippen molar-refractivity contribution in [2.45, 2.75) is 20.8 Å². The van der Waals surface area contributed by atoms with Crippen LogP contribution in [0.15, 0.2) is 11.6 Å². The lowest BCUT2D eigenvalue weighted by atomic mass is 10.3. The molecule has 0 unspecified atom stereocenters. The summed E-state index contributed by atoms with van der Waals surface area (Å²) >= 11 is 0. The molecule has 0 aliphatic carbocycles. The van der Waals surface area contributed by atoms with Crippen LogP contribution in [0, 0.1) is 5.41 Å². The first-order valence-corrected chi connectivity index (χ1v) is 3.03. The zero-order valence-electron chi connectivity index (χ0n) is 6.19. The Morgan fingerprint density at radius 3 is 2.44 bits per heavy atom. The molecule has 0 aromatic rings. The lowest BCUT2D eigenvalue weighted by Gasteiger charge is -1.97. The molecule has 0 atom stereocenters. The summed E-state index contributed by atoms with van der Waals surface area (Å²) in [6.07, 6.45) is 1.70. The quantitative estimate of drug-likeness (QED) is 0.446. The van der Waals surface area contributed by atoms with E-state index >= 15 is 0 Å². The SMILES string of the molecule is CCOC(=N)C=C(C)C. The summed E-state index contributed by atoms with van der Waals surface area (Å²) in [5, 5.41) is 7.12. The Hall–Kier alpha value is -0.790. The first-order valence-electron chi connectivity index (χ1n) is 3.03. The Bertz CT molecular complexity index is 123. The van der Waals surface area contributed by atoms with Gasteiger partial charge in [-0.05, 0) is 26.8 Å². The van der Waals surface area contributed by atoms with Gasteiger partial charge < -0.3 is 4.74 Å². The van der Waals surface area contributed by atoms with Gasteiger partial charge in [-0.1, -0.05) is 5.57 Å². The minimum absolute atomic E-state index is 0.248. The molecule has 0 saturated carbocycles. The molecule has 0 aromatic carbocycles. The van der Waals surface area contributed by atoms with E-state index in [0.717, 1.165) is 5.57 Å². The minimum Gasteiger partial charge on any atom is -0.478 e. The maximum absolute atomic E-state index is 7.12. The second-order valence-electron chi connectivity index (χ2n) is 2.02. The van der Waals surface area contributed by atoms with E-state index in [1.54, 1.807) is 6.08 Å². The third-order valence-electron chi connectivity index (χ3n) is 0.720. The van der Waals surface area contributed by atoms with Gasteiger partial charge in [0.05, 0.1) is 6.61 Å². The van der Waals surface area contributed by atoms with Crippen LogP contribution in [-0.2, 0) is 4.74 Å². The minimum atomic E-state index is 0.248. The fourth-order valence-electron chi connectivity index (χ4n) is 0.459. The molecule has 0 rings (SSSR count). The molecule has 0 heterocycles. The largest absolute Gasteiger partial charge is 0.478 e. The van der Waals surface area contributed by atoms with Gasteiger partial charge in [0, 0.05) is 0 Å². The molecule has 0 aliphatic heterocycles. The number of nitrogens with one attached hydrogen (secondary N) is 1. The van der Waals surface area contributed by atoms with Gasteiger partial charge >= 0.3 is 0 Å². The molecule has 0 bridgehead atoms. The fourth-order valence-corrected chi connectivity index (χ4v) is 0.459. The van der Waals surface area contributed by atoms with E-state index in [1.165, 1.54) is 0 Å². The molecular formula is C7H13NO. The highest BCUT2D eigenvalue weighted by Crippen LogP contribution is 1.90. The highest BCUT2D eigenvalue weighted by molar-refractivity contribution is 5.85. The molecular weight excluding hydrogens is 114 g/mol. The molecule has 0 aromatic heterocycles. The maximum Gasteiger partial charge on any atom is 0.205 e. The summed E-state index contributed by atoms with van der Waals surface area (Å²) in [7, 11) is 0. The summed E-state index contributed by atoms with van der Waals surface area (Å²) < 4.78 is 4.86. The monoisotopic (exact) mass is 127 g/mol. The molecule has 0 fully saturated rings. The van der Waals surface area contributed by atoms with Crippen molar-refractivity contribution in [2.75, 3.05) is 6.61 Å². The van der Waals surface area contributed by atoms with E-state index in [-0.39, 0.29) is 5.90 Å². The van der Waals surface area contributed by atoms with Crippen molar-refractivity contribution in [3.05, 3.63) is 11.6 Å². The van der Waals surface area contributed by atoms with E-state index < -0.39 is 0 Å². The fraction of sp³-hybridized carbons (Fsp3) is 0.571. The summed E-state index contributed by atoms with van der Waals surface area (Å²) in [5.41, 5.74) is 1.09. The first kappa shape index (κ1) is 8.21. The Morgan fingerprint density at radius 1 is 1.56 bits per heavy atom. The van der Waals surface area contributed by atoms with Crippen LogP contribution in [0.5, 0.6) is 0 Å². The van der Waals surface area contributed by atoms with Gasteiger partial charge in [-0.2, -0.15) is 0 Å². The average Bonchev–Trinajstić information content (AvgIpc) is 1.63. The van der Waals surface area contributed by atoms with Crippen molar-refractivity contribution in [1.82, 2.24) is 0 Å². The van der Waals surface area contributed by atoms with Gasteiger partial charge in [0.1, 0.15) is 0 Å². The van der Waals surface area contributed by atoms with Crippen LogP contribution in [-0.4, -0.2) is 12.5 Å². The second-order valence-corrected chi connectivity index (χ2v) is 2.02. The van der Waals surface area contributed by atoms with E-state index in [0.29, 0.717) is 6.61 Å². The molecule has 0 amide bonds. The van der Waals surface area contributed by atoms with Crippen LogP contribution in [0.2, 0.25) is 0 Å². The third kappa shape index (κ3) is 5.07. The van der Waals surface area contributed by atoms with Crippen molar-refractivity contribution < 1.29 is 4.74 Å². The highest BCUT2D eigenvalue weighted by Gasteiger charge is 1.87. The Morgan fingerprint density at radius 2 is 2.11 bits per heavy atom. The number of rotatable bonds is 2. The molecule has 52 valence electrons. The zero-order valence-corrected chi connectivity index (χ0v) is 6.19. The van der Waals surface area contributed by atoms with Crippen molar-refractivity contribution in [1.29, 1.82) is 5.41 Å². The Balaban J connectivity index is 3.63. The molecule has 2 nitrogen and oxygen atoms in total. The molecule has 1 N–H and O–H groups in total. The number of allylic oxidation sites excluding steroid dienone is 1. The van der Waals surface area contributed by atoms with Crippen LogP contribution in [0.1, 0.15) is 20.8 Å². The molecule has 0 spiro atoms. The van der Waals surface area contributed by atoms with Gasteiger partial charge in [0.2, 0.25) is 5.90 Å². The molecule has 9 heavy (non-hydrogen) atoms. The van der Waals surface area contributed by atoms with Gasteiger partial charge in [0.25, 0.3) is 0 Å². The summed E-state index contributed by atoms with van der Waals surface area (Å²) in [5.74, 6) is 0.248. The zero-order chi connectivity index (χ0) is 7.28. The molecule has 0 aliphatic rings. The third-order valence-corrected chi connectivity index (χ3v) is 0.720. The normalized spacial score (nSPS) is 8.33. The standard InChI is InChI=1S/C7H13NO/c1-4-9-7(8)5-6(2)3/h5,8H,4H2,1-3H3. The number of hydrogen-bond donors (Lipinski definition) is 1. The van der Waals surface area contributed by atoms with Gasteiger partial charge in [0.15, 0.2) is 0 Å². The lowest BCUT2D eigenvalue weighted by molar-refractivity contribution is 0.327. The van der Waals surface area contributed by atoms with E-state index in [9.17, 15) is 0 Å². The highest BCUT2D eigenvalue weighted by atomic mass is 16.5. The Labute approximate surface area is 56.0 Å². The summed E-state index contributed by atoms with van der Waals surface area (Å²) in [4.78, 5) is 0. The summed E-state index contributed by atoms with van der Waals surface area (Å²) in [6.45, 7) is 6.32. The van der Waals surface area contributed by atoms with E-state index in [2.05, 4.69) is 0 Å². The lowest BCUT2D eigenvalue weighted by Crippen LogP contribution is -1.98. The summed E-state index contributed by atoms with van der Waals surface area (Å²) in [6, 6.07) is 0.